The molecule has 0 spiro atoms. The Hall–Kier alpha value is -3.29. The number of rotatable bonds is 7. The molecule has 1 aliphatic rings. The van der Waals surface area contributed by atoms with Gasteiger partial charge in [-0.25, -0.2) is 0 Å². The Morgan fingerprint density at radius 3 is 2.50 bits per heavy atom. The number of hydrogen-bond donors (Lipinski definition) is 0. The van der Waals surface area contributed by atoms with Gasteiger partial charge < -0.3 is 9.47 Å². The summed E-state index contributed by atoms with van der Waals surface area (Å²) in [6.07, 6.45) is 1.87. The Morgan fingerprint density at radius 2 is 1.73 bits per heavy atom. The van der Waals surface area contributed by atoms with Crippen LogP contribution in [0.2, 0.25) is 0 Å². The molecule has 0 fully saturated rings. The molecule has 30 heavy (non-hydrogen) atoms. The fourth-order valence-corrected chi connectivity index (χ4v) is 3.99. The van der Waals surface area contributed by atoms with Crippen LogP contribution in [-0.4, -0.2) is 25.1 Å². The van der Waals surface area contributed by atoms with E-state index in [2.05, 4.69) is 47.4 Å². The van der Waals surface area contributed by atoms with Gasteiger partial charge in [-0.15, -0.1) is 0 Å². The maximum atomic E-state index is 9.15. The minimum absolute atomic E-state index is 0.0924. The van der Waals surface area contributed by atoms with Crippen molar-refractivity contribution < 1.29 is 9.47 Å². The Labute approximate surface area is 178 Å². The molecule has 1 aliphatic heterocycles. The van der Waals surface area contributed by atoms with Crippen LogP contribution >= 0.6 is 0 Å². The summed E-state index contributed by atoms with van der Waals surface area (Å²) in [7, 11) is 1.60. The van der Waals surface area contributed by atoms with Crippen LogP contribution in [0.4, 0.5) is 0 Å². The van der Waals surface area contributed by atoms with Gasteiger partial charge in [-0.2, -0.15) is 5.26 Å². The molecule has 0 amide bonds. The number of benzene rings is 3. The molecule has 0 aromatic heterocycles. The highest BCUT2D eigenvalue weighted by Crippen LogP contribution is 2.33. The molecule has 3 aromatic rings. The highest BCUT2D eigenvalue weighted by molar-refractivity contribution is 5.47. The van der Waals surface area contributed by atoms with Crippen molar-refractivity contribution in [2.75, 3.05) is 20.2 Å². The first kappa shape index (κ1) is 20.0. The minimum atomic E-state index is -0.0924. The summed E-state index contributed by atoms with van der Waals surface area (Å²) in [6.45, 7) is 3.00. The van der Waals surface area contributed by atoms with Gasteiger partial charge in [0.2, 0.25) is 0 Å². The molecule has 0 N–H and O–H groups in total. The van der Waals surface area contributed by atoms with Crippen molar-refractivity contribution in [2.24, 2.45) is 0 Å². The Balaban J connectivity index is 1.50. The average Bonchev–Trinajstić information content (AvgIpc) is 2.82. The quantitative estimate of drug-likeness (QED) is 0.553. The largest absolute Gasteiger partial charge is 0.493 e. The molecule has 3 aromatic carbocycles. The van der Waals surface area contributed by atoms with Crippen molar-refractivity contribution in [3.05, 3.63) is 95.1 Å². The van der Waals surface area contributed by atoms with Gasteiger partial charge in [0.15, 0.2) is 11.5 Å². The first-order chi connectivity index (χ1) is 14.8. The standard InChI is InChI=1S/C26H26N2O2/c1-29-26-17-20(18-27)11-12-25(26)30-24(22-8-3-2-4-9-22)14-16-28-15-13-21-7-5-6-10-23(21)19-28/h2-12,17,24H,13-16,19H2,1H3. The number of fused-ring (bicyclic) bond motifs is 1. The van der Waals surface area contributed by atoms with Crippen LogP contribution in [0.3, 0.4) is 0 Å². The van der Waals surface area contributed by atoms with Crippen LogP contribution in [0, 0.1) is 11.3 Å². The monoisotopic (exact) mass is 398 g/mol. The van der Waals surface area contributed by atoms with Crippen LogP contribution < -0.4 is 9.47 Å². The molecular formula is C26H26N2O2. The number of methoxy groups -OCH3 is 1. The molecule has 4 heteroatoms. The fraction of sp³-hybridized carbons (Fsp3) is 0.269. The van der Waals surface area contributed by atoms with Gasteiger partial charge >= 0.3 is 0 Å². The van der Waals surface area contributed by atoms with Crippen LogP contribution in [0.15, 0.2) is 72.8 Å². The smallest absolute Gasteiger partial charge is 0.162 e. The third-order valence-corrected chi connectivity index (χ3v) is 5.65. The lowest BCUT2D eigenvalue weighted by Gasteiger charge is -2.30. The zero-order chi connectivity index (χ0) is 20.8. The zero-order valence-corrected chi connectivity index (χ0v) is 17.3. The Morgan fingerprint density at radius 1 is 0.967 bits per heavy atom. The van der Waals surface area contributed by atoms with Crippen molar-refractivity contribution in [1.29, 1.82) is 5.26 Å². The van der Waals surface area contributed by atoms with Gasteiger partial charge in [0, 0.05) is 32.1 Å². The molecule has 4 rings (SSSR count). The minimum Gasteiger partial charge on any atom is -0.493 e. The normalized spacial score (nSPS) is 14.4. The molecule has 0 saturated heterocycles. The first-order valence-electron chi connectivity index (χ1n) is 10.4. The lowest BCUT2D eigenvalue weighted by Crippen LogP contribution is -2.32. The van der Waals surface area contributed by atoms with E-state index in [1.165, 1.54) is 11.1 Å². The first-order valence-corrected chi connectivity index (χ1v) is 10.4. The van der Waals surface area contributed by atoms with Crippen molar-refractivity contribution in [1.82, 2.24) is 4.90 Å². The van der Waals surface area contributed by atoms with Crippen LogP contribution in [0.25, 0.3) is 0 Å². The molecule has 1 atom stereocenters. The maximum Gasteiger partial charge on any atom is 0.162 e. The number of nitrogens with zero attached hydrogens (tertiary/aromatic N) is 2. The second kappa shape index (κ2) is 9.47. The average molecular weight is 399 g/mol. The van der Waals surface area contributed by atoms with E-state index >= 15 is 0 Å². The van der Waals surface area contributed by atoms with Crippen LogP contribution in [0.1, 0.15) is 34.8 Å². The molecule has 1 heterocycles. The van der Waals surface area contributed by atoms with Gasteiger partial charge in [0.05, 0.1) is 18.7 Å². The third kappa shape index (κ3) is 4.64. The topological polar surface area (TPSA) is 45.5 Å². The number of hydrogen-bond acceptors (Lipinski definition) is 4. The van der Waals surface area contributed by atoms with Gasteiger partial charge in [0.25, 0.3) is 0 Å². The molecule has 0 aliphatic carbocycles. The third-order valence-electron chi connectivity index (χ3n) is 5.65. The van der Waals surface area contributed by atoms with Crippen molar-refractivity contribution in [3.8, 4) is 17.6 Å². The summed E-state index contributed by atoms with van der Waals surface area (Å²) in [5.74, 6) is 1.25. The van der Waals surface area contributed by atoms with Gasteiger partial charge in [-0.1, -0.05) is 54.6 Å². The predicted molar refractivity (Wildman–Crippen MR) is 118 cm³/mol. The SMILES string of the molecule is COc1cc(C#N)ccc1OC(CCN1CCc2ccccc2C1)c1ccccc1. The van der Waals surface area contributed by atoms with E-state index in [0.717, 1.165) is 38.0 Å². The summed E-state index contributed by atoms with van der Waals surface area (Å²) in [5.41, 5.74) is 4.59. The number of nitriles is 1. The van der Waals surface area contributed by atoms with Crippen LogP contribution in [-0.2, 0) is 13.0 Å². The van der Waals surface area contributed by atoms with Crippen molar-refractivity contribution in [3.63, 3.8) is 0 Å². The van der Waals surface area contributed by atoms with E-state index in [9.17, 15) is 0 Å². The van der Waals surface area contributed by atoms with Gasteiger partial charge in [0.1, 0.15) is 6.10 Å². The molecule has 0 radical (unpaired) electrons. The Bertz CT molecular complexity index is 1030. The maximum absolute atomic E-state index is 9.15. The summed E-state index contributed by atoms with van der Waals surface area (Å²) >= 11 is 0. The molecule has 4 nitrogen and oxygen atoms in total. The lowest BCUT2D eigenvalue weighted by molar-refractivity contribution is 0.153. The molecule has 0 bridgehead atoms. The van der Waals surface area contributed by atoms with E-state index in [1.807, 2.05) is 24.3 Å². The van der Waals surface area contributed by atoms with E-state index in [-0.39, 0.29) is 6.10 Å². The second-order valence-corrected chi connectivity index (χ2v) is 7.58. The van der Waals surface area contributed by atoms with Crippen molar-refractivity contribution in [2.45, 2.75) is 25.5 Å². The van der Waals surface area contributed by atoms with E-state index in [0.29, 0.717) is 17.1 Å². The van der Waals surface area contributed by atoms with Gasteiger partial charge in [-0.05, 0) is 35.2 Å². The van der Waals surface area contributed by atoms with Gasteiger partial charge in [-0.3, -0.25) is 4.90 Å². The van der Waals surface area contributed by atoms with E-state index in [1.54, 1.807) is 19.2 Å². The van der Waals surface area contributed by atoms with Crippen molar-refractivity contribution >= 4 is 0 Å². The highest BCUT2D eigenvalue weighted by atomic mass is 16.5. The van der Waals surface area contributed by atoms with Crippen LogP contribution in [0.5, 0.6) is 11.5 Å². The zero-order valence-electron chi connectivity index (χ0n) is 17.3. The second-order valence-electron chi connectivity index (χ2n) is 7.58. The summed E-state index contributed by atoms with van der Waals surface area (Å²) < 4.78 is 11.9. The summed E-state index contributed by atoms with van der Waals surface area (Å²) in [4.78, 5) is 2.50. The summed E-state index contributed by atoms with van der Waals surface area (Å²) in [6, 6.07) is 26.5. The number of ether oxygens (including phenoxy) is 2. The fourth-order valence-electron chi connectivity index (χ4n) is 3.99. The lowest BCUT2D eigenvalue weighted by atomic mass is 9.99. The highest BCUT2D eigenvalue weighted by Gasteiger charge is 2.20. The summed E-state index contributed by atoms with van der Waals surface area (Å²) in [5, 5.41) is 9.15. The van der Waals surface area contributed by atoms with E-state index < -0.39 is 0 Å². The molecule has 1 unspecified atom stereocenters. The predicted octanol–water partition coefficient (Wildman–Crippen LogP) is 5.14. The molecule has 0 saturated carbocycles. The van der Waals surface area contributed by atoms with E-state index in [4.69, 9.17) is 14.7 Å². The Kier molecular flexibility index (Phi) is 6.32. The molecule has 152 valence electrons. The molecular weight excluding hydrogens is 372 g/mol.